The van der Waals surface area contributed by atoms with Gasteiger partial charge in [0.05, 0.1) is 19.1 Å². The maximum Gasteiger partial charge on any atom is 0.241 e. The Morgan fingerprint density at radius 3 is 2.44 bits per heavy atom. The van der Waals surface area contributed by atoms with Gasteiger partial charge in [0, 0.05) is 12.1 Å². The molecule has 2 rings (SSSR count). The number of para-hydroxylation sites is 2. The molecule has 0 aliphatic rings. The minimum atomic E-state index is -3.72. The number of methoxy groups -OCH3 is 1. The van der Waals surface area contributed by atoms with Gasteiger partial charge in [-0.1, -0.05) is 30.3 Å². The van der Waals surface area contributed by atoms with Crippen molar-refractivity contribution >= 4 is 21.6 Å². The van der Waals surface area contributed by atoms with Crippen molar-refractivity contribution in [2.24, 2.45) is 0 Å². The van der Waals surface area contributed by atoms with Crippen molar-refractivity contribution in [3.8, 4) is 5.75 Å². The molecule has 6 nitrogen and oxygen atoms in total. The van der Waals surface area contributed by atoms with Crippen LogP contribution in [-0.2, 0) is 21.4 Å². The summed E-state index contributed by atoms with van der Waals surface area (Å²) in [5.74, 6) is -0.665. The summed E-state index contributed by atoms with van der Waals surface area (Å²) in [6, 6.07) is 12.5. The number of amides is 1. The maximum atomic E-state index is 13.6. The topological polar surface area (TPSA) is 75.7 Å². The number of nitrogens with one attached hydrogen (secondary N) is 1. The number of nitrogens with zero attached hydrogens (tertiary/aromatic N) is 1. The average Bonchev–Trinajstić information content (AvgIpc) is 2.58. The maximum absolute atomic E-state index is 13.6. The fourth-order valence-corrected chi connectivity index (χ4v) is 3.10. The van der Waals surface area contributed by atoms with Gasteiger partial charge in [-0.25, -0.2) is 12.8 Å². The number of rotatable bonds is 7. The summed E-state index contributed by atoms with van der Waals surface area (Å²) in [4.78, 5) is 12.2. The molecule has 1 amide bonds. The molecule has 0 radical (unpaired) electrons. The van der Waals surface area contributed by atoms with Crippen LogP contribution in [0.2, 0.25) is 0 Å². The van der Waals surface area contributed by atoms with Gasteiger partial charge in [0.25, 0.3) is 0 Å². The summed E-state index contributed by atoms with van der Waals surface area (Å²) in [7, 11) is -2.30. The Bertz CT molecular complexity index is 855. The number of ether oxygens (including phenoxy) is 1. The molecular formula is C17H19FN2O4S. The zero-order valence-corrected chi connectivity index (χ0v) is 14.7. The molecule has 0 saturated heterocycles. The fraction of sp³-hybridized carbons (Fsp3) is 0.235. The first-order valence-corrected chi connectivity index (χ1v) is 9.28. The molecule has 2 aromatic carbocycles. The van der Waals surface area contributed by atoms with E-state index in [1.54, 1.807) is 42.5 Å². The standard InChI is InChI=1S/C17H19FN2O4S/c1-24-16-10-6-5-9-15(16)20(25(2,22)23)12-17(21)19-11-13-7-3-4-8-14(13)18/h3-10H,11-12H2,1-2H3,(H,19,21). The van der Waals surface area contributed by atoms with Crippen molar-refractivity contribution in [3.63, 3.8) is 0 Å². The number of sulfonamides is 1. The van der Waals surface area contributed by atoms with Crippen LogP contribution in [0.15, 0.2) is 48.5 Å². The molecule has 8 heteroatoms. The van der Waals surface area contributed by atoms with Gasteiger partial charge >= 0.3 is 0 Å². The van der Waals surface area contributed by atoms with Gasteiger partial charge in [0.2, 0.25) is 15.9 Å². The van der Waals surface area contributed by atoms with Crippen molar-refractivity contribution in [1.29, 1.82) is 0 Å². The monoisotopic (exact) mass is 366 g/mol. The van der Waals surface area contributed by atoms with Gasteiger partial charge in [0.15, 0.2) is 0 Å². The molecule has 0 atom stereocenters. The highest BCUT2D eigenvalue weighted by Crippen LogP contribution is 2.29. The van der Waals surface area contributed by atoms with Crippen molar-refractivity contribution in [2.45, 2.75) is 6.54 Å². The van der Waals surface area contributed by atoms with E-state index in [4.69, 9.17) is 4.74 Å². The second-order valence-electron chi connectivity index (χ2n) is 5.31. The van der Waals surface area contributed by atoms with E-state index in [2.05, 4.69) is 5.32 Å². The molecule has 0 aliphatic heterocycles. The van der Waals surface area contributed by atoms with Crippen LogP contribution in [0.3, 0.4) is 0 Å². The van der Waals surface area contributed by atoms with Gasteiger partial charge in [-0.2, -0.15) is 0 Å². The van der Waals surface area contributed by atoms with Crippen LogP contribution in [0.4, 0.5) is 10.1 Å². The van der Waals surface area contributed by atoms with Gasteiger partial charge in [0.1, 0.15) is 18.1 Å². The van der Waals surface area contributed by atoms with Crippen LogP contribution >= 0.6 is 0 Å². The molecule has 0 saturated carbocycles. The Balaban J connectivity index is 2.15. The lowest BCUT2D eigenvalue weighted by Crippen LogP contribution is -2.40. The van der Waals surface area contributed by atoms with Crippen molar-refractivity contribution in [1.82, 2.24) is 5.32 Å². The lowest BCUT2D eigenvalue weighted by Gasteiger charge is -2.23. The number of halogens is 1. The summed E-state index contributed by atoms with van der Waals surface area (Å²) in [6.45, 7) is -0.470. The first-order chi connectivity index (χ1) is 11.8. The molecular weight excluding hydrogens is 347 g/mol. The highest BCUT2D eigenvalue weighted by molar-refractivity contribution is 7.92. The molecule has 0 aliphatic carbocycles. The number of hydrogen-bond acceptors (Lipinski definition) is 4. The van der Waals surface area contributed by atoms with Gasteiger partial charge in [-0.15, -0.1) is 0 Å². The van der Waals surface area contributed by atoms with Crippen molar-refractivity contribution in [2.75, 3.05) is 24.2 Å². The van der Waals surface area contributed by atoms with Crippen LogP contribution in [-0.4, -0.2) is 34.2 Å². The van der Waals surface area contributed by atoms with Crippen LogP contribution in [0.5, 0.6) is 5.75 Å². The third-order valence-corrected chi connectivity index (χ3v) is 4.60. The number of carbonyl (C=O) groups is 1. The first kappa shape index (κ1) is 18.7. The molecule has 0 unspecified atom stereocenters. The Kier molecular flexibility index (Phi) is 5.97. The minimum absolute atomic E-state index is 0.0327. The summed E-state index contributed by atoms with van der Waals surface area (Å²) < 4.78 is 43.9. The lowest BCUT2D eigenvalue weighted by atomic mass is 10.2. The highest BCUT2D eigenvalue weighted by Gasteiger charge is 2.23. The van der Waals surface area contributed by atoms with E-state index in [1.165, 1.54) is 13.2 Å². The van der Waals surface area contributed by atoms with E-state index in [-0.39, 0.29) is 12.2 Å². The predicted molar refractivity (Wildman–Crippen MR) is 93.4 cm³/mol. The molecule has 2 aromatic rings. The normalized spacial score (nSPS) is 11.0. The SMILES string of the molecule is COc1ccccc1N(CC(=O)NCc1ccccc1F)S(C)(=O)=O. The Labute approximate surface area is 146 Å². The Morgan fingerprint density at radius 2 is 1.80 bits per heavy atom. The fourth-order valence-electron chi connectivity index (χ4n) is 2.24. The van der Waals surface area contributed by atoms with E-state index in [0.717, 1.165) is 10.6 Å². The van der Waals surface area contributed by atoms with Crippen molar-refractivity contribution < 1.29 is 22.3 Å². The molecule has 0 heterocycles. The van der Waals surface area contributed by atoms with Crippen LogP contribution in [0, 0.1) is 5.82 Å². The van der Waals surface area contributed by atoms with Gasteiger partial charge in [-0.3, -0.25) is 9.10 Å². The van der Waals surface area contributed by atoms with Gasteiger partial charge in [-0.05, 0) is 18.2 Å². The molecule has 134 valence electrons. The van der Waals surface area contributed by atoms with E-state index in [9.17, 15) is 17.6 Å². The number of hydrogen-bond donors (Lipinski definition) is 1. The van der Waals surface area contributed by atoms with Crippen LogP contribution in [0.1, 0.15) is 5.56 Å². The lowest BCUT2D eigenvalue weighted by molar-refractivity contribution is -0.119. The second kappa shape index (κ2) is 7.98. The second-order valence-corrected chi connectivity index (χ2v) is 7.22. The van der Waals surface area contributed by atoms with Crippen LogP contribution < -0.4 is 14.4 Å². The predicted octanol–water partition coefficient (Wildman–Crippen LogP) is 1.92. The highest BCUT2D eigenvalue weighted by atomic mass is 32.2. The summed E-state index contributed by atoms with van der Waals surface area (Å²) in [5, 5.41) is 2.52. The van der Waals surface area contributed by atoms with Crippen molar-refractivity contribution in [3.05, 3.63) is 59.9 Å². The van der Waals surface area contributed by atoms with E-state index in [1.807, 2.05) is 0 Å². The number of carbonyl (C=O) groups excluding carboxylic acids is 1. The first-order valence-electron chi connectivity index (χ1n) is 7.43. The van der Waals surface area contributed by atoms with E-state index in [0.29, 0.717) is 11.3 Å². The molecule has 0 spiro atoms. The summed E-state index contributed by atoms with van der Waals surface area (Å²) in [6.07, 6.45) is 1.00. The number of benzene rings is 2. The third kappa shape index (κ3) is 4.93. The van der Waals surface area contributed by atoms with Gasteiger partial charge < -0.3 is 10.1 Å². The molecule has 0 aromatic heterocycles. The minimum Gasteiger partial charge on any atom is -0.495 e. The zero-order chi connectivity index (χ0) is 18.4. The summed E-state index contributed by atoms with van der Waals surface area (Å²) >= 11 is 0. The molecule has 0 fully saturated rings. The Hall–Kier alpha value is -2.61. The smallest absolute Gasteiger partial charge is 0.241 e. The number of anilines is 1. The van der Waals surface area contributed by atoms with E-state index < -0.39 is 28.3 Å². The average molecular weight is 366 g/mol. The largest absolute Gasteiger partial charge is 0.495 e. The van der Waals surface area contributed by atoms with Crippen LogP contribution in [0.25, 0.3) is 0 Å². The third-order valence-electron chi connectivity index (χ3n) is 3.48. The molecule has 0 bridgehead atoms. The molecule has 1 N–H and O–H groups in total. The summed E-state index contributed by atoms with van der Waals surface area (Å²) in [5.41, 5.74) is 0.576. The zero-order valence-electron chi connectivity index (χ0n) is 13.9. The Morgan fingerprint density at radius 1 is 1.16 bits per heavy atom. The van der Waals surface area contributed by atoms with E-state index >= 15 is 0 Å². The molecule has 25 heavy (non-hydrogen) atoms. The quantitative estimate of drug-likeness (QED) is 0.812.